The van der Waals surface area contributed by atoms with Gasteiger partial charge >= 0.3 is 5.97 Å². The number of rotatable bonds is 5. The van der Waals surface area contributed by atoms with E-state index in [1.807, 2.05) is 31.2 Å². The maximum atomic E-state index is 11.4. The molecule has 0 bridgehead atoms. The number of carbonyl (C=O) groups excluding carboxylic acids is 1. The second kappa shape index (κ2) is 5.84. The molecule has 1 atom stereocenters. The van der Waals surface area contributed by atoms with Crippen molar-refractivity contribution in [2.45, 2.75) is 25.9 Å². The van der Waals surface area contributed by atoms with Crippen LogP contribution in [0.1, 0.15) is 18.9 Å². The number of benzene rings is 1. The van der Waals surface area contributed by atoms with E-state index in [1.54, 1.807) is 4.90 Å². The molecule has 1 fully saturated rings. The highest BCUT2D eigenvalue weighted by molar-refractivity contribution is 5.90. The first kappa shape index (κ1) is 13.5. The zero-order chi connectivity index (χ0) is 13.8. The summed E-state index contributed by atoms with van der Waals surface area (Å²) in [4.78, 5) is 24.1. The van der Waals surface area contributed by atoms with Crippen LogP contribution in [0.2, 0.25) is 0 Å². The number of hydrogen-bond acceptors (Lipinski definition) is 4. The first-order chi connectivity index (χ1) is 9.10. The van der Waals surface area contributed by atoms with E-state index in [2.05, 4.69) is 0 Å². The summed E-state index contributed by atoms with van der Waals surface area (Å²) in [6.07, 6.45) is 0.104. The summed E-state index contributed by atoms with van der Waals surface area (Å²) in [5, 5.41) is 9.08. The molecule has 102 valence electrons. The quantitative estimate of drug-likeness (QED) is 0.867. The number of nitrogens with zero attached hydrogens (tertiary/aromatic N) is 1. The summed E-state index contributed by atoms with van der Waals surface area (Å²) >= 11 is 0. The Balaban J connectivity index is 2.03. The predicted molar refractivity (Wildman–Crippen MR) is 69.1 cm³/mol. The molecule has 5 nitrogen and oxygen atoms in total. The fourth-order valence-corrected chi connectivity index (χ4v) is 2.25. The number of carboxylic acid groups (broad SMARTS) is 1. The third-order valence-corrected chi connectivity index (χ3v) is 3.15. The van der Waals surface area contributed by atoms with Crippen molar-refractivity contribution < 1.29 is 19.4 Å². The van der Waals surface area contributed by atoms with Gasteiger partial charge in [-0.2, -0.15) is 0 Å². The van der Waals surface area contributed by atoms with Crippen LogP contribution in [0, 0.1) is 0 Å². The Labute approximate surface area is 111 Å². The van der Waals surface area contributed by atoms with Crippen LogP contribution in [-0.2, 0) is 16.1 Å². The van der Waals surface area contributed by atoms with Crippen molar-refractivity contribution in [2.24, 2.45) is 0 Å². The number of ether oxygens (including phenoxy) is 1. The van der Waals surface area contributed by atoms with Crippen molar-refractivity contribution in [3.05, 3.63) is 29.8 Å². The van der Waals surface area contributed by atoms with Crippen molar-refractivity contribution in [3.8, 4) is 5.75 Å². The van der Waals surface area contributed by atoms with Crippen molar-refractivity contribution >= 4 is 11.8 Å². The number of carboxylic acids is 1. The highest BCUT2D eigenvalue weighted by atomic mass is 16.5. The normalized spacial score (nSPS) is 19.6. The van der Waals surface area contributed by atoms with Gasteiger partial charge in [0.1, 0.15) is 17.6 Å². The van der Waals surface area contributed by atoms with Gasteiger partial charge in [0.25, 0.3) is 0 Å². The molecular formula is C14H17NO4. The lowest BCUT2D eigenvalue weighted by atomic mass is 10.2. The lowest BCUT2D eigenvalue weighted by molar-refractivity contribution is -0.142. The summed E-state index contributed by atoms with van der Waals surface area (Å²) in [7, 11) is 0. The van der Waals surface area contributed by atoms with Gasteiger partial charge in [-0.1, -0.05) is 12.1 Å². The topological polar surface area (TPSA) is 66.8 Å². The zero-order valence-electron chi connectivity index (χ0n) is 10.8. The maximum absolute atomic E-state index is 11.4. The highest BCUT2D eigenvalue weighted by Crippen LogP contribution is 2.19. The molecule has 0 amide bonds. The molecule has 5 heteroatoms. The minimum atomic E-state index is -0.934. The van der Waals surface area contributed by atoms with E-state index in [4.69, 9.17) is 9.84 Å². The average molecular weight is 263 g/mol. The maximum Gasteiger partial charge on any atom is 0.321 e. The van der Waals surface area contributed by atoms with Crippen molar-refractivity contribution in [3.63, 3.8) is 0 Å². The highest BCUT2D eigenvalue weighted by Gasteiger charge is 2.35. The summed E-state index contributed by atoms with van der Waals surface area (Å²) < 4.78 is 5.35. The van der Waals surface area contributed by atoms with Crippen LogP contribution in [0.5, 0.6) is 5.75 Å². The molecule has 1 aliphatic rings. The molecule has 0 aliphatic carbocycles. The number of aliphatic carboxylic acids is 1. The van der Waals surface area contributed by atoms with E-state index in [-0.39, 0.29) is 18.7 Å². The Bertz CT molecular complexity index is 469. The molecule has 0 radical (unpaired) electrons. The standard InChI is InChI=1S/C14H17NO4/c1-2-19-12-5-3-10(4-6-12)8-15-9-11(16)7-13(15)14(17)18/h3-6,13H,2,7-9H2,1H3,(H,17,18). The molecule has 1 aromatic carbocycles. The fourth-order valence-electron chi connectivity index (χ4n) is 2.25. The predicted octanol–water partition coefficient (Wildman–Crippen LogP) is 1.31. The van der Waals surface area contributed by atoms with Gasteiger partial charge in [-0.25, -0.2) is 0 Å². The van der Waals surface area contributed by atoms with Gasteiger partial charge < -0.3 is 9.84 Å². The van der Waals surface area contributed by atoms with Gasteiger partial charge in [-0.3, -0.25) is 14.5 Å². The molecule has 1 heterocycles. The van der Waals surface area contributed by atoms with Crippen molar-refractivity contribution in [2.75, 3.05) is 13.2 Å². The van der Waals surface area contributed by atoms with Crippen LogP contribution in [0.4, 0.5) is 0 Å². The van der Waals surface area contributed by atoms with Crippen LogP contribution < -0.4 is 4.74 Å². The van der Waals surface area contributed by atoms with Gasteiger partial charge in [0.2, 0.25) is 0 Å². The third kappa shape index (κ3) is 3.32. The zero-order valence-corrected chi connectivity index (χ0v) is 10.8. The Kier molecular flexibility index (Phi) is 4.16. The van der Waals surface area contributed by atoms with Crippen LogP contribution >= 0.6 is 0 Å². The summed E-state index contributed by atoms with van der Waals surface area (Å²) in [5.74, 6) is -0.159. The molecule has 1 unspecified atom stereocenters. The average Bonchev–Trinajstić information content (AvgIpc) is 2.73. The number of carbonyl (C=O) groups is 2. The van der Waals surface area contributed by atoms with E-state index < -0.39 is 12.0 Å². The van der Waals surface area contributed by atoms with Crippen molar-refractivity contribution in [1.29, 1.82) is 0 Å². The molecule has 1 N–H and O–H groups in total. The van der Waals surface area contributed by atoms with Crippen LogP contribution in [0.15, 0.2) is 24.3 Å². The minimum Gasteiger partial charge on any atom is -0.494 e. The molecule has 19 heavy (non-hydrogen) atoms. The fraction of sp³-hybridized carbons (Fsp3) is 0.429. The van der Waals surface area contributed by atoms with E-state index in [9.17, 15) is 9.59 Å². The number of likely N-dealkylation sites (tertiary alicyclic amines) is 1. The van der Waals surface area contributed by atoms with E-state index in [0.717, 1.165) is 11.3 Å². The largest absolute Gasteiger partial charge is 0.494 e. The van der Waals surface area contributed by atoms with Gasteiger partial charge in [0.05, 0.1) is 13.2 Å². The summed E-state index contributed by atoms with van der Waals surface area (Å²) in [5.41, 5.74) is 0.976. The molecule has 1 aromatic rings. The number of Topliss-reactive ketones (excluding diaryl/α,β-unsaturated/α-hetero) is 1. The first-order valence-corrected chi connectivity index (χ1v) is 6.30. The SMILES string of the molecule is CCOc1ccc(CN2CC(=O)CC2C(=O)O)cc1. The number of ketones is 1. The molecule has 1 saturated heterocycles. The van der Waals surface area contributed by atoms with Gasteiger partial charge in [0, 0.05) is 13.0 Å². The van der Waals surface area contributed by atoms with Crippen molar-refractivity contribution in [1.82, 2.24) is 4.90 Å². The Morgan fingerprint density at radius 2 is 2.11 bits per heavy atom. The molecule has 0 saturated carbocycles. The smallest absolute Gasteiger partial charge is 0.321 e. The van der Waals surface area contributed by atoms with Gasteiger partial charge in [-0.05, 0) is 24.6 Å². The minimum absolute atomic E-state index is 0.0154. The second-order valence-corrected chi connectivity index (χ2v) is 4.58. The molecule has 0 spiro atoms. The van der Waals surface area contributed by atoms with Crippen LogP contribution in [-0.4, -0.2) is 41.0 Å². The van der Waals surface area contributed by atoms with E-state index >= 15 is 0 Å². The van der Waals surface area contributed by atoms with Gasteiger partial charge in [-0.15, -0.1) is 0 Å². The molecule has 2 rings (SSSR count). The Morgan fingerprint density at radius 3 is 2.68 bits per heavy atom. The second-order valence-electron chi connectivity index (χ2n) is 4.58. The number of hydrogen-bond donors (Lipinski definition) is 1. The third-order valence-electron chi connectivity index (χ3n) is 3.15. The molecule has 1 aliphatic heterocycles. The Morgan fingerprint density at radius 1 is 1.42 bits per heavy atom. The van der Waals surface area contributed by atoms with E-state index in [0.29, 0.717) is 13.2 Å². The monoisotopic (exact) mass is 263 g/mol. The van der Waals surface area contributed by atoms with Crippen LogP contribution in [0.3, 0.4) is 0 Å². The molecular weight excluding hydrogens is 246 g/mol. The first-order valence-electron chi connectivity index (χ1n) is 6.30. The summed E-state index contributed by atoms with van der Waals surface area (Å²) in [6, 6.07) is 6.80. The molecule has 0 aromatic heterocycles. The van der Waals surface area contributed by atoms with Gasteiger partial charge in [0.15, 0.2) is 0 Å². The lowest BCUT2D eigenvalue weighted by Gasteiger charge is -2.20. The van der Waals surface area contributed by atoms with Crippen LogP contribution in [0.25, 0.3) is 0 Å². The lowest BCUT2D eigenvalue weighted by Crippen LogP contribution is -2.35. The summed E-state index contributed by atoms with van der Waals surface area (Å²) in [6.45, 7) is 3.21. The van der Waals surface area contributed by atoms with E-state index in [1.165, 1.54) is 0 Å². The Hall–Kier alpha value is -1.88.